The summed E-state index contributed by atoms with van der Waals surface area (Å²) in [5.74, 6) is -0.853. The zero-order valence-electron chi connectivity index (χ0n) is 14.4. The molecule has 1 aromatic carbocycles. The molecule has 1 amide bonds. The molecule has 23 heavy (non-hydrogen) atoms. The Labute approximate surface area is 137 Å². The van der Waals surface area contributed by atoms with Gasteiger partial charge in [-0.3, -0.25) is 4.79 Å². The monoisotopic (exact) mass is 322 g/mol. The zero-order chi connectivity index (χ0) is 17.7. The Morgan fingerprint density at radius 2 is 1.65 bits per heavy atom. The Morgan fingerprint density at radius 3 is 2.13 bits per heavy atom. The highest BCUT2D eigenvalue weighted by molar-refractivity contribution is 5.70. The highest BCUT2D eigenvalue weighted by Gasteiger charge is 2.24. The van der Waals surface area contributed by atoms with E-state index in [1.165, 1.54) is 0 Å². The molecule has 0 aliphatic carbocycles. The van der Waals surface area contributed by atoms with Crippen LogP contribution in [0.3, 0.4) is 0 Å². The number of carbonyl (C=O) groups excluding carboxylic acids is 1. The molecule has 3 N–H and O–H groups in total. The number of anilines is 1. The summed E-state index contributed by atoms with van der Waals surface area (Å²) in [5, 5.41) is 14.8. The number of carboxylic acid groups (broad SMARTS) is 1. The Kier molecular flexibility index (Phi) is 6.01. The molecule has 0 spiro atoms. The number of ether oxygens (including phenoxy) is 1. The second kappa shape index (κ2) is 7.35. The number of alkyl carbamates (subject to hydrolysis) is 1. The largest absolute Gasteiger partial charge is 0.481 e. The Bertz CT molecular complexity index is 545. The van der Waals surface area contributed by atoms with Crippen LogP contribution in [0.5, 0.6) is 0 Å². The lowest BCUT2D eigenvalue weighted by molar-refractivity contribution is -0.136. The van der Waals surface area contributed by atoms with Crippen molar-refractivity contribution >= 4 is 17.7 Å². The van der Waals surface area contributed by atoms with Gasteiger partial charge in [-0.2, -0.15) is 0 Å². The van der Waals surface area contributed by atoms with Gasteiger partial charge < -0.3 is 20.5 Å². The van der Waals surface area contributed by atoms with Gasteiger partial charge in [0.15, 0.2) is 0 Å². The highest BCUT2D eigenvalue weighted by atomic mass is 16.6. The minimum absolute atomic E-state index is 0.00593. The van der Waals surface area contributed by atoms with E-state index in [4.69, 9.17) is 9.84 Å². The molecule has 1 rings (SSSR count). The number of nitrogens with one attached hydrogen (secondary N) is 2. The maximum Gasteiger partial charge on any atom is 0.408 e. The molecule has 0 saturated carbocycles. The third-order valence-corrected chi connectivity index (χ3v) is 2.88. The van der Waals surface area contributed by atoms with E-state index in [1.54, 1.807) is 12.1 Å². The van der Waals surface area contributed by atoms with E-state index in [0.29, 0.717) is 6.54 Å². The van der Waals surface area contributed by atoms with Crippen LogP contribution in [0.2, 0.25) is 0 Å². The van der Waals surface area contributed by atoms with E-state index in [0.717, 1.165) is 11.3 Å². The predicted octanol–water partition coefficient (Wildman–Crippen LogP) is 3.03. The summed E-state index contributed by atoms with van der Waals surface area (Å²) in [6, 6.07) is 7.18. The van der Waals surface area contributed by atoms with Gasteiger partial charge in [0.25, 0.3) is 0 Å². The minimum atomic E-state index is -0.853. The maximum absolute atomic E-state index is 11.8. The molecule has 0 unspecified atom stereocenters. The van der Waals surface area contributed by atoms with Crippen molar-refractivity contribution in [1.29, 1.82) is 0 Å². The first-order chi connectivity index (χ1) is 10.5. The van der Waals surface area contributed by atoms with Crippen LogP contribution in [-0.4, -0.2) is 34.9 Å². The lowest BCUT2D eigenvalue weighted by Gasteiger charge is -2.29. The quantitative estimate of drug-likeness (QED) is 0.749. The van der Waals surface area contributed by atoms with Gasteiger partial charge in [0.2, 0.25) is 0 Å². The number of amides is 1. The van der Waals surface area contributed by atoms with E-state index < -0.39 is 23.2 Å². The van der Waals surface area contributed by atoms with Crippen molar-refractivity contribution < 1.29 is 19.4 Å². The Hall–Kier alpha value is -2.24. The van der Waals surface area contributed by atoms with Gasteiger partial charge in [-0.05, 0) is 52.3 Å². The van der Waals surface area contributed by atoms with E-state index in [2.05, 4.69) is 10.6 Å². The number of rotatable bonds is 6. The molecule has 1 aromatic rings. The van der Waals surface area contributed by atoms with Gasteiger partial charge >= 0.3 is 12.1 Å². The standard InChI is InChI=1S/C17H26N2O4/c1-16(2,3)23-15(22)19-17(4,5)11-18-13-8-6-12(7-9-13)10-14(20)21/h6-9,18H,10-11H2,1-5H3,(H,19,22)(H,20,21). The number of carbonyl (C=O) groups is 2. The highest BCUT2D eigenvalue weighted by Crippen LogP contribution is 2.13. The Morgan fingerprint density at radius 1 is 1.09 bits per heavy atom. The predicted molar refractivity (Wildman–Crippen MR) is 89.7 cm³/mol. The number of benzene rings is 1. The topological polar surface area (TPSA) is 87.7 Å². The van der Waals surface area contributed by atoms with E-state index >= 15 is 0 Å². The van der Waals surface area contributed by atoms with E-state index in [1.807, 2.05) is 46.8 Å². The molecule has 0 aromatic heterocycles. The third kappa shape index (κ3) is 8.09. The fourth-order valence-electron chi connectivity index (χ4n) is 1.86. The van der Waals surface area contributed by atoms with Gasteiger partial charge in [-0.15, -0.1) is 0 Å². The van der Waals surface area contributed by atoms with Crippen molar-refractivity contribution in [3.05, 3.63) is 29.8 Å². The van der Waals surface area contributed by atoms with Crippen LogP contribution in [0.1, 0.15) is 40.2 Å². The van der Waals surface area contributed by atoms with Gasteiger partial charge in [-0.25, -0.2) is 4.79 Å². The molecule has 128 valence electrons. The minimum Gasteiger partial charge on any atom is -0.481 e. The summed E-state index contributed by atoms with van der Waals surface area (Å²) < 4.78 is 5.24. The summed E-state index contributed by atoms with van der Waals surface area (Å²) in [7, 11) is 0. The van der Waals surface area contributed by atoms with Gasteiger partial charge in [0.05, 0.1) is 12.0 Å². The van der Waals surface area contributed by atoms with Crippen LogP contribution in [0, 0.1) is 0 Å². The smallest absolute Gasteiger partial charge is 0.408 e. The molecule has 0 saturated heterocycles. The summed E-state index contributed by atoms with van der Waals surface area (Å²) >= 11 is 0. The molecular weight excluding hydrogens is 296 g/mol. The van der Waals surface area contributed by atoms with Crippen LogP contribution < -0.4 is 10.6 Å². The first-order valence-corrected chi connectivity index (χ1v) is 7.53. The van der Waals surface area contributed by atoms with Gasteiger partial charge in [0, 0.05) is 12.2 Å². The summed E-state index contributed by atoms with van der Waals surface area (Å²) in [6.07, 6.45) is -0.451. The van der Waals surface area contributed by atoms with Crippen molar-refractivity contribution in [1.82, 2.24) is 5.32 Å². The first kappa shape index (κ1) is 18.8. The second-order valence-electron chi connectivity index (χ2n) is 7.13. The fraction of sp³-hybridized carbons (Fsp3) is 0.529. The average molecular weight is 322 g/mol. The van der Waals surface area contributed by atoms with Crippen LogP contribution in [0.4, 0.5) is 10.5 Å². The Balaban J connectivity index is 2.52. The van der Waals surface area contributed by atoms with Crippen LogP contribution >= 0.6 is 0 Å². The van der Waals surface area contributed by atoms with Gasteiger partial charge in [-0.1, -0.05) is 12.1 Å². The van der Waals surface area contributed by atoms with Gasteiger partial charge in [0.1, 0.15) is 5.60 Å². The number of carboxylic acids is 1. The molecular formula is C17H26N2O4. The first-order valence-electron chi connectivity index (χ1n) is 7.53. The molecule has 0 aliphatic rings. The average Bonchev–Trinajstić information content (AvgIpc) is 2.34. The second-order valence-corrected chi connectivity index (χ2v) is 7.13. The van der Waals surface area contributed by atoms with Crippen molar-refractivity contribution in [2.45, 2.75) is 52.2 Å². The normalized spacial score (nSPS) is 11.7. The molecule has 6 nitrogen and oxygen atoms in total. The number of hydrogen-bond acceptors (Lipinski definition) is 4. The van der Waals surface area contributed by atoms with E-state index in [9.17, 15) is 9.59 Å². The molecule has 6 heteroatoms. The van der Waals surface area contributed by atoms with Crippen LogP contribution in [0.25, 0.3) is 0 Å². The third-order valence-electron chi connectivity index (χ3n) is 2.88. The molecule has 0 bridgehead atoms. The summed E-state index contributed by atoms with van der Waals surface area (Å²) in [4.78, 5) is 22.5. The molecule has 0 heterocycles. The number of aliphatic carboxylic acids is 1. The van der Waals surface area contributed by atoms with Crippen molar-refractivity contribution in [2.24, 2.45) is 0 Å². The molecule has 0 radical (unpaired) electrons. The summed E-state index contributed by atoms with van der Waals surface area (Å²) in [5.41, 5.74) is 0.572. The SMILES string of the molecule is CC(C)(CNc1ccc(CC(=O)O)cc1)NC(=O)OC(C)(C)C. The van der Waals surface area contributed by atoms with Crippen LogP contribution in [-0.2, 0) is 16.0 Å². The van der Waals surface area contributed by atoms with Crippen molar-refractivity contribution in [3.63, 3.8) is 0 Å². The molecule has 0 fully saturated rings. The van der Waals surface area contributed by atoms with Crippen molar-refractivity contribution in [2.75, 3.05) is 11.9 Å². The zero-order valence-corrected chi connectivity index (χ0v) is 14.4. The fourth-order valence-corrected chi connectivity index (χ4v) is 1.86. The summed E-state index contributed by atoms with van der Waals surface area (Å²) in [6.45, 7) is 9.74. The lowest BCUT2D eigenvalue weighted by Crippen LogP contribution is -2.49. The molecule has 0 aliphatic heterocycles. The van der Waals surface area contributed by atoms with Crippen molar-refractivity contribution in [3.8, 4) is 0 Å². The van der Waals surface area contributed by atoms with E-state index in [-0.39, 0.29) is 6.42 Å². The number of hydrogen-bond donors (Lipinski definition) is 3. The maximum atomic E-state index is 11.8. The van der Waals surface area contributed by atoms with Crippen LogP contribution in [0.15, 0.2) is 24.3 Å². The lowest BCUT2D eigenvalue weighted by atomic mass is 10.1. The molecule has 0 atom stereocenters.